The predicted octanol–water partition coefficient (Wildman–Crippen LogP) is 1.75. The van der Waals surface area contributed by atoms with Gasteiger partial charge in [-0.1, -0.05) is 11.6 Å². The number of hydrogen-bond acceptors (Lipinski definition) is 2. The van der Waals surface area contributed by atoms with Crippen molar-refractivity contribution in [2.24, 2.45) is 0 Å². The number of hydrogen-bond donors (Lipinski definition) is 1. The molecule has 0 unspecified atom stereocenters. The SMILES string of the molecule is O=C(O)Cc1nc(Cl)c2ccc(F)cn12. The maximum atomic E-state index is 12.9. The van der Waals surface area contributed by atoms with Crippen molar-refractivity contribution in [2.45, 2.75) is 6.42 Å². The van der Waals surface area contributed by atoms with E-state index in [0.717, 1.165) is 6.20 Å². The monoisotopic (exact) mass is 228 g/mol. The summed E-state index contributed by atoms with van der Waals surface area (Å²) in [6, 6.07) is 2.70. The number of aromatic nitrogens is 2. The standard InChI is InChI=1S/C9H6ClFN2O2/c10-9-6-2-1-5(11)4-13(6)7(12-9)3-8(14)15/h1-2,4H,3H2,(H,14,15). The van der Waals surface area contributed by atoms with E-state index in [9.17, 15) is 9.18 Å². The van der Waals surface area contributed by atoms with Crippen LogP contribution in [0.2, 0.25) is 5.15 Å². The third kappa shape index (κ3) is 1.78. The maximum Gasteiger partial charge on any atom is 0.311 e. The highest BCUT2D eigenvalue weighted by Crippen LogP contribution is 2.19. The van der Waals surface area contributed by atoms with Gasteiger partial charge in [0.25, 0.3) is 0 Å². The Labute approximate surface area is 88.9 Å². The average molecular weight is 229 g/mol. The van der Waals surface area contributed by atoms with Gasteiger partial charge in [0.1, 0.15) is 18.1 Å². The number of carboxylic acids is 1. The Morgan fingerprint density at radius 1 is 1.60 bits per heavy atom. The minimum Gasteiger partial charge on any atom is -0.481 e. The van der Waals surface area contributed by atoms with Gasteiger partial charge >= 0.3 is 5.97 Å². The molecule has 0 spiro atoms. The number of carbonyl (C=O) groups is 1. The molecule has 0 aromatic carbocycles. The number of aliphatic carboxylic acids is 1. The van der Waals surface area contributed by atoms with Crippen molar-refractivity contribution in [3.05, 3.63) is 35.1 Å². The van der Waals surface area contributed by atoms with Gasteiger partial charge in [0, 0.05) is 6.20 Å². The number of halogens is 2. The van der Waals surface area contributed by atoms with E-state index in [1.54, 1.807) is 0 Å². The molecule has 0 bridgehead atoms. The summed E-state index contributed by atoms with van der Waals surface area (Å²) in [5, 5.41) is 8.79. The van der Waals surface area contributed by atoms with Gasteiger partial charge in [0.2, 0.25) is 0 Å². The molecule has 0 saturated heterocycles. The fourth-order valence-corrected chi connectivity index (χ4v) is 1.59. The third-order valence-corrected chi connectivity index (χ3v) is 2.22. The number of carboxylic acid groups (broad SMARTS) is 1. The predicted molar refractivity (Wildman–Crippen MR) is 51.5 cm³/mol. The Hall–Kier alpha value is -1.62. The second kappa shape index (κ2) is 3.51. The van der Waals surface area contributed by atoms with Crippen LogP contribution in [0.3, 0.4) is 0 Å². The minimum atomic E-state index is -1.04. The van der Waals surface area contributed by atoms with Gasteiger partial charge in [0.15, 0.2) is 5.15 Å². The Bertz CT molecular complexity index is 538. The summed E-state index contributed by atoms with van der Waals surface area (Å²) in [6.45, 7) is 0. The van der Waals surface area contributed by atoms with Crippen molar-refractivity contribution >= 4 is 23.1 Å². The summed E-state index contributed by atoms with van der Waals surface area (Å²) < 4.78 is 14.3. The number of fused-ring (bicyclic) bond motifs is 1. The zero-order valence-corrected chi connectivity index (χ0v) is 8.20. The Morgan fingerprint density at radius 3 is 3.00 bits per heavy atom. The van der Waals surface area contributed by atoms with E-state index in [1.165, 1.54) is 16.5 Å². The number of imidazole rings is 1. The van der Waals surface area contributed by atoms with Crippen LogP contribution in [0.5, 0.6) is 0 Å². The molecule has 15 heavy (non-hydrogen) atoms. The molecule has 0 aliphatic carbocycles. The Kier molecular flexibility index (Phi) is 2.32. The second-order valence-electron chi connectivity index (χ2n) is 2.99. The van der Waals surface area contributed by atoms with Crippen molar-refractivity contribution in [1.29, 1.82) is 0 Å². The van der Waals surface area contributed by atoms with Gasteiger partial charge < -0.3 is 5.11 Å². The number of nitrogens with zero attached hydrogens (tertiary/aromatic N) is 2. The molecule has 6 heteroatoms. The minimum absolute atomic E-state index is 0.172. The topological polar surface area (TPSA) is 54.6 Å². The van der Waals surface area contributed by atoms with Crippen LogP contribution in [0.25, 0.3) is 5.52 Å². The van der Waals surface area contributed by atoms with Crippen LogP contribution in [0.1, 0.15) is 5.82 Å². The summed E-state index contributed by atoms with van der Waals surface area (Å²) in [6.07, 6.45) is 0.865. The highest BCUT2D eigenvalue weighted by Gasteiger charge is 2.12. The first-order chi connectivity index (χ1) is 7.08. The summed E-state index contributed by atoms with van der Waals surface area (Å²) >= 11 is 5.77. The van der Waals surface area contributed by atoms with E-state index in [-0.39, 0.29) is 17.4 Å². The molecule has 4 nitrogen and oxygen atoms in total. The molecular weight excluding hydrogens is 223 g/mol. The highest BCUT2D eigenvalue weighted by atomic mass is 35.5. The van der Waals surface area contributed by atoms with Crippen LogP contribution < -0.4 is 0 Å². The third-order valence-electron chi connectivity index (χ3n) is 1.94. The molecule has 2 rings (SSSR count). The molecule has 0 aliphatic rings. The van der Waals surface area contributed by atoms with Gasteiger partial charge in [0.05, 0.1) is 5.52 Å². The van der Waals surface area contributed by atoms with Crippen molar-refractivity contribution in [1.82, 2.24) is 9.38 Å². The fraction of sp³-hybridized carbons (Fsp3) is 0.111. The summed E-state index contributed by atoms with van der Waals surface area (Å²) in [5.74, 6) is -1.30. The smallest absolute Gasteiger partial charge is 0.311 e. The molecule has 0 aliphatic heterocycles. The Balaban J connectivity index is 2.64. The van der Waals surface area contributed by atoms with Crippen molar-refractivity contribution in [2.75, 3.05) is 0 Å². The maximum absolute atomic E-state index is 12.9. The zero-order valence-electron chi connectivity index (χ0n) is 7.44. The molecule has 0 saturated carbocycles. The molecule has 78 valence electrons. The first kappa shape index (κ1) is 9.92. The van der Waals surface area contributed by atoms with Crippen LogP contribution in [-0.2, 0) is 11.2 Å². The van der Waals surface area contributed by atoms with Gasteiger partial charge in [-0.05, 0) is 12.1 Å². The van der Waals surface area contributed by atoms with E-state index in [0.29, 0.717) is 5.52 Å². The lowest BCUT2D eigenvalue weighted by molar-refractivity contribution is -0.136. The van der Waals surface area contributed by atoms with Crippen LogP contribution in [0, 0.1) is 5.82 Å². The molecule has 2 aromatic heterocycles. The molecule has 2 heterocycles. The highest BCUT2D eigenvalue weighted by molar-refractivity contribution is 6.32. The lowest BCUT2D eigenvalue weighted by Gasteiger charge is -1.97. The molecule has 2 aromatic rings. The number of pyridine rings is 1. The molecular formula is C9H6ClFN2O2. The van der Waals surface area contributed by atoms with E-state index in [4.69, 9.17) is 16.7 Å². The van der Waals surface area contributed by atoms with Gasteiger partial charge in [-0.25, -0.2) is 9.37 Å². The largest absolute Gasteiger partial charge is 0.481 e. The second-order valence-corrected chi connectivity index (χ2v) is 3.35. The number of rotatable bonds is 2. The van der Waals surface area contributed by atoms with Crippen molar-refractivity contribution in [3.63, 3.8) is 0 Å². The summed E-state index contributed by atoms with van der Waals surface area (Å²) in [4.78, 5) is 14.4. The van der Waals surface area contributed by atoms with E-state index in [2.05, 4.69) is 4.98 Å². The molecule has 0 fully saturated rings. The molecule has 0 atom stereocenters. The quantitative estimate of drug-likeness (QED) is 0.852. The lowest BCUT2D eigenvalue weighted by atomic mass is 10.4. The summed E-state index contributed by atoms with van der Waals surface area (Å²) in [7, 11) is 0. The molecule has 1 N–H and O–H groups in total. The fourth-order valence-electron chi connectivity index (χ4n) is 1.34. The van der Waals surface area contributed by atoms with Crippen LogP contribution in [0.15, 0.2) is 18.3 Å². The molecule has 0 amide bonds. The van der Waals surface area contributed by atoms with Crippen LogP contribution >= 0.6 is 11.6 Å². The van der Waals surface area contributed by atoms with Gasteiger partial charge in [-0.3, -0.25) is 9.20 Å². The van der Waals surface area contributed by atoms with Crippen LogP contribution in [0.4, 0.5) is 4.39 Å². The van der Waals surface area contributed by atoms with E-state index < -0.39 is 11.8 Å². The summed E-state index contributed by atoms with van der Waals surface area (Å²) in [5.41, 5.74) is 0.495. The van der Waals surface area contributed by atoms with Gasteiger partial charge in [-0.15, -0.1) is 0 Å². The van der Waals surface area contributed by atoms with Crippen molar-refractivity contribution < 1.29 is 14.3 Å². The van der Waals surface area contributed by atoms with Gasteiger partial charge in [-0.2, -0.15) is 0 Å². The molecule has 0 radical (unpaired) electrons. The first-order valence-electron chi connectivity index (χ1n) is 4.11. The van der Waals surface area contributed by atoms with E-state index >= 15 is 0 Å². The normalized spacial score (nSPS) is 10.8. The lowest BCUT2D eigenvalue weighted by Crippen LogP contribution is -2.04. The first-order valence-corrected chi connectivity index (χ1v) is 4.49. The van der Waals surface area contributed by atoms with Crippen LogP contribution in [-0.4, -0.2) is 20.5 Å². The van der Waals surface area contributed by atoms with Crippen molar-refractivity contribution in [3.8, 4) is 0 Å². The average Bonchev–Trinajstić information content (AvgIpc) is 2.42. The van der Waals surface area contributed by atoms with E-state index in [1.807, 2.05) is 0 Å². The Morgan fingerprint density at radius 2 is 2.33 bits per heavy atom. The zero-order chi connectivity index (χ0) is 11.0.